The number of amides is 1. The molecule has 0 bridgehead atoms. The predicted octanol–water partition coefficient (Wildman–Crippen LogP) is 2.97. The number of rotatable bonds is 4. The number of alkyl halides is 3. The Balaban J connectivity index is 0.000000339. The van der Waals surface area contributed by atoms with Gasteiger partial charge in [0, 0.05) is 30.4 Å². The third-order valence-corrected chi connectivity index (χ3v) is 5.60. The Labute approximate surface area is 179 Å². The zero-order chi connectivity index (χ0) is 22.6. The van der Waals surface area contributed by atoms with E-state index in [1.807, 2.05) is 45.6 Å². The number of thiophene rings is 1. The van der Waals surface area contributed by atoms with E-state index in [0.29, 0.717) is 13.0 Å². The van der Waals surface area contributed by atoms with Crippen molar-refractivity contribution in [2.24, 2.45) is 0 Å². The number of aliphatic carboxylic acids is 1. The largest absolute Gasteiger partial charge is 0.490 e. The molecule has 3 aromatic rings. The van der Waals surface area contributed by atoms with Gasteiger partial charge < -0.3 is 14.6 Å². The van der Waals surface area contributed by atoms with Crippen LogP contribution in [0, 0.1) is 0 Å². The summed E-state index contributed by atoms with van der Waals surface area (Å²) in [6.07, 6.45) is 1.02. The van der Waals surface area contributed by atoms with Gasteiger partial charge in [-0.15, -0.1) is 11.3 Å². The molecule has 1 N–H and O–H groups in total. The van der Waals surface area contributed by atoms with Crippen molar-refractivity contribution in [3.63, 3.8) is 0 Å². The standard InChI is InChI=1S/C17H19N5OS.C2HF3O2/c1-13-17-18-11-14(12-20-6-3-5-19-20)22(17)8-7-21(13)16(23)10-15-4-2-9-24-15;3-2(4,5)1(6)7/h2-6,9,11,13H,7-8,10,12H2,1H3;(H,6,7). The van der Waals surface area contributed by atoms with Crippen LogP contribution in [-0.2, 0) is 29.1 Å². The Morgan fingerprint density at radius 3 is 2.61 bits per heavy atom. The molecule has 1 amide bonds. The lowest BCUT2D eigenvalue weighted by Gasteiger charge is -2.34. The van der Waals surface area contributed by atoms with Crippen LogP contribution in [0.15, 0.2) is 42.2 Å². The molecule has 4 heterocycles. The maximum absolute atomic E-state index is 12.6. The lowest BCUT2D eigenvalue weighted by atomic mass is 10.1. The molecule has 12 heteroatoms. The van der Waals surface area contributed by atoms with Crippen molar-refractivity contribution >= 4 is 23.2 Å². The van der Waals surface area contributed by atoms with Crippen LogP contribution in [0.3, 0.4) is 0 Å². The predicted molar refractivity (Wildman–Crippen MR) is 105 cm³/mol. The maximum Gasteiger partial charge on any atom is 0.490 e. The molecule has 3 aromatic heterocycles. The van der Waals surface area contributed by atoms with Crippen LogP contribution in [0.1, 0.15) is 29.4 Å². The number of hydrogen-bond donors (Lipinski definition) is 1. The van der Waals surface area contributed by atoms with Crippen LogP contribution >= 0.6 is 11.3 Å². The fraction of sp³-hybridized carbons (Fsp3) is 0.368. The van der Waals surface area contributed by atoms with Crippen LogP contribution in [-0.4, -0.2) is 53.9 Å². The van der Waals surface area contributed by atoms with Crippen LogP contribution in [0.4, 0.5) is 13.2 Å². The Bertz CT molecular complexity index is 1020. The molecular weight excluding hydrogens is 435 g/mol. The normalized spacial score (nSPS) is 15.7. The van der Waals surface area contributed by atoms with Crippen molar-refractivity contribution in [1.29, 1.82) is 0 Å². The molecule has 0 aliphatic carbocycles. The minimum absolute atomic E-state index is 0.00224. The molecule has 0 aromatic carbocycles. The smallest absolute Gasteiger partial charge is 0.475 e. The SMILES string of the molecule is CC1c2ncc(Cn3cccn3)n2CCN1C(=O)Cc1cccs1.O=C(O)C(F)(F)F. The minimum atomic E-state index is -5.08. The number of carbonyl (C=O) groups is 2. The average Bonchev–Trinajstić information content (AvgIpc) is 3.45. The second kappa shape index (κ2) is 9.33. The highest BCUT2D eigenvalue weighted by atomic mass is 32.1. The van der Waals surface area contributed by atoms with E-state index in [1.165, 1.54) is 0 Å². The number of halogens is 3. The number of carboxylic acid groups (broad SMARTS) is 1. The molecule has 0 radical (unpaired) electrons. The van der Waals surface area contributed by atoms with Crippen LogP contribution in [0.2, 0.25) is 0 Å². The summed E-state index contributed by atoms with van der Waals surface area (Å²) < 4.78 is 35.9. The van der Waals surface area contributed by atoms with Gasteiger partial charge in [-0.3, -0.25) is 9.48 Å². The molecule has 1 aliphatic rings. The van der Waals surface area contributed by atoms with Crippen LogP contribution in [0.5, 0.6) is 0 Å². The fourth-order valence-electron chi connectivity index (χ4n) is 3.25. The van der Waals surface area contributed by atoms with Gasteiger partial charge in [-0.2, -0.15) is 18.3 Å². The van der Waals surface area contributed by atoms with Gasteiger partial charge in [0.1, 0.15) is 5.82 Å². The summed E-state index contributed by atoms with van der Waals surface area (Å²) in [4.78, 5) is 29.2. The molecule has 8 nitrogen and oxygen atoms in total. The van der Waals surface area contributed by atoms with Gasteiger partial charge in [-0.05, 0) is 24.4 Å². The number of hydrogen-bond acceptors (Lipinski definition) is 5. The van der Waals surface area contributed by atoms with E-state index < -0.39 is 12.1 Å². The van der Waals surface area contributed by atoms with Crippen molar-refractivity contribution in [2.45, 2.75) is 38.7 Å². The number of nitrogens with zero attached hydrogens (tertiary/aromatic N) is 5. The second-order valence-electron chi connectivity index (χ2n) is 6.79. The topological polar surface area (TPSA) is 93.3 Å². The molecule has 31 heavy (non-hydrogen) atoms. The molecule has 166 valence electrons. The molecule has 0 fully saturated rings. The van der Waals surface area contributed by atoms with Crippen molar-refractivity contribution in [3.05, 3.63) is 58.6 Å². The van der Waals surface area contributed by atoms with E-state index in [-0.39, 0.29) is 11.9 Å². The highest BCUT2D eigenvalue weighted by molar-refractivity contribution is 7.10. The molecule has 1 atom stereocenters. The van der Waals surface area contributed by atoms with Gasteiger partial charge in [0.2, 0.25) is 5.91 Å². The zero-order valence-corrected chi connectivity index (χ0v) is 17.3. The lowest BCUT2D eigenvalue weighted by Crippen LogP contribution is -2.42. The first-order chi connectivity index (χ1) is 14.7. The molecule has 1 unspecified atom stereocenters. The summed E-state index contributed by atoms with van der Waals surface area (Å²) in [6, 6.07) is 5.92. The van der Waals surface area contributed by atoms with E-state index in [0.717, 1.165) is 29.5 Å². The van der Waals surface area contributed by atoms with E-state index in [4.69, 9.17) is 9.90 Å². The fourth-order valence-corrected chi connectivity index (χ4v) is 3.95. The number of imidazole rings is 1. The number of carbonyl (C=O) groups excluding carboxylic acids is 1. The molecule has 0 spiro atoms. The summed E-state index contributed by atoms with van der Waals surface area (Å²) in [5.41, 5.74) is 1.13. The first-order valence-corrected chi connectivity index (χ1v) is 10.2. The Hall–Kier alpha value is -3.15. The van der Waals surface area contributed by atoms with Gasteiger partial charge in [0.15, 0.2) is 0 Å². The third kappa shape index (κ3) is 5.51. The molecule has 4 rings (SSSR count). The van der Waals surface area contributed by atoms with E-state index in [1.54, 1.807) is 17.5 Å². The van der Waals surface area contributed by atoms with Crippen molar-refractivity contribution in [2.75, 3.05) is 6.54 Å². The second-order valence-corrected chi connectivity index (χ2v) is 7.82. The Morgan fingerprint density at radius 1 is 1.29 bits per heavy atom. The average molecular weight is 455 g/mol. The van der Waals surface area contributed by atoms with Crippen molar-refractivity contribution in [3.8, 4) is 0 Å². The molecule has 0 saturated heterocycles. The highest BCUT2D eigenvalue weighted by Crippen LogP contribution is 2.26. The zero-order valence-electron chi connectivity index (χ0n) is 16.5. The molecular formula is C19H20F3N5O3S. The van der Waals surface area contributed by atoms with Gasteiger partial charge in [-0.1, -0.05) is 6.07 Å². The van der Waals surface area contributed by atoms with Gasteiger partial charge in [0.05, 0.1) is 30.9 Å². The Kier molecular flexibility index (Phi) is 6.78. The first kappa shape index (κ1) is 22.5. The minimum Gasteiger partial charge on any atom is -0.475 e. The van der Waals surface area contributed by atoms with E-state index in [2.05, 4.69) is 21.6 Å². The van der Waals surface area contributed by atoms with E-state index in [9.17, 15) is 18.0 Å². The summed E-state index contributed by atoms with van der Waals surface area (Å²) in [6.45, 7) is 4.27. The summed E-state index contributed by atoms with van der Waals surface area (Å²) in [5, 5.41) is 13.4. The van der Waals surface area contributed by atoms with Gasteiger partial charge >= 0.3 is 12.1 Å². The lowest BCUT2D eigenvalue weighted by molar-refractivity contribution is -0.192. The monoisotopic (exact) mass is 455 g/mol. The summed E-state index contributed by atoms with van der Waals surface area (Å²) >= 11 is 1.63. The van der Waals surface area contributed by atoms with Crippen molar-refractivity contribution in [1.82, 2.24) is 24.2 Å². The van der Waals surface area contributed by atoms with E-state index >= 15 is 0 Å². The number of carboxylic acids is 1. The van der Waals surface area contributed by atoms with Crippen molar-refractivity contribution < 1.29 is 27.9 Å². The van der Waals surface area contributed by atoms with Gasteiger partial charge in [-0.25, -0.2) is 9.78 Å². The summed E-state index contributed by atoms with van der Waals surface area (Å²) in [7, 11) is 0. The van der Waals surface area contributed by atoms with Crippen LogP contribution in [0.25, 0.3) is 0 Å². The molecule has 1 aliphatic heterocycles. The number of fused-ring (bicyclic) bond motifs is 1. The van der Waals surface area contributed by atoms with Crippen LogP contribution < -0.4 is 0 Å². The highest BCUT2D eigenvalue weighted by Gasteiger charge is 2.38. The Morgan fingerprint density at radius 2 is 2.03 bits per heavy atom. The first-order valence-electron chi connectivity index (χ1n) is 9.30. The molecule has 0 saturated carbocycles. The maximum atomic E-state index is 12.6. The third-order valence-electron chi connectivity index (χ3n) is 4.73. The number of aromatic nitrogens is 4. The van der Waals surface area contributed by atoms with Gasteiger partial charge in [0.25, 0.3) is 0 Å². The quantitative estimate of drug-likeness (QED) is 0.653. The summed E-state index contributed by atoms with van der Waals surface area (Å²) in [5.74, 6) is -1.62.